The van der Waals surface area contributed by atoms with Crippen molar-refractivity contribution >= 4 is 0 Å². The van der Waals surface area contributed by atoms with Gasteiger partial charge in [0.25, 0.3) is 0 Å². The van der Waals surface area contributed by atoms with Gasteiger partial charge < -0.3 is 14.8 Å². The van der Waals surface area contributed by atoms with E-state index in [0.29, 0.717) is 18.1 Å². The van der Waals surface area contributed by atoms with Crippen molar-refractivity contribution in [2.24, 2.45) is 11.3 Å². The van der Waals surface area contributed by atoms with Crippen LogP contribution in [0.4, 0.5) is 0 Å². The van der Waals surface area contributed by atoms with Gasteiger partial charge in [-0.1, -0.05) is 32.0 Å². The van der Waals surface area contributed by atoms with Gasteiger partial charge in [0.15, 0.2) is 0 Å². The molecule has 1 aliphatic carbocycles. The number of hydrogen-bond acceptors (Lipinski definition) is 3. The molecule has 21 heavy (non-hydrogen) atoms. The smallest absolute Gasteiger partial charge is 0.123 e. The maximum atomic E-state index is 5.99. The monoisotopic (exact) mass is 289 g/mol. The Hall–Kier alpha value is -1.06. The summed E-state index contributed by atoms with van der Waals surface area (Å²) in [6.45, 7) is 7.81. The Morgan fingerprint density at radius 3 is 2.86 bits per heavy atom. The molecule has 1 aromatic carbocycles. The molecule has 2 fully saturated rings. The number of nitrogens with one attached hydrogen (secondary N) is 1. The molecule has 0 aromatic heterocycles. The second kappa shape index (κ2) is 5.62. The molecule has 3 nitrogen and oxygen atoms in total. The van der Waals surface area contributed by atoms with E-state index in [1.807, 2.05) is 12.1 Å². The number of benzene rings is 1. The predicted octanol–water partition coefficient (Wildman–Crippen LogP) is 3.55. The van der Waals surface area contributed by atoms with Crippen molar-refractivity contribution in [1.82, 2.24) is 5.32 Å². The van der Waals surface area contributed by atoms with Gasteiger partial charge in [-0.3, -0.25) is 0 Å². The van der Waals surface area contributed by atoms with E-state index < -0.39 is 0 Å². The number of ether oxygens (including phenoxy) is 2. The highest BCUT2D eigenvalue weighted by atomic mass is 16.5. The van der Waals surface area contributed by atoms with Crippen LogP contribution in [0, 0.1) is 11.3 Å². The molecule has 1 aliphatic heterocycles. The fourth-order valence-electron chi connectivity index (χ4n) is 4.24. The molecular weight excluding hydrogens is 262 g/mol. The van der Waals surface area contributed by atoms with E-state index in [-0.39, 0.29) is 11.5 Å². The standard InChI is InChI=1S/C18H27NO2/c1-12(13-8-5-6-10-15(13)20-4)19-16-14-9-7-11-21-17(14)18(16,2)3/h5-6,8,10,12,14,16-17,19H,7,9,11H2,1-4H3/t12-,14?,16?,17?/m0/s1. The first-order valence-electron chi connectivity index (χ1n) is 8.06. The van der Waals surface area contributed by atoms with Crippen LogP contribution in [0.25, 0.3) is 0 Å². The summed E-state index contributed by atoms with van der Waals surface area (Å²) < 4.78 is 11.5. The largest absolute Gasteiger partial charge is 0.496 e. The molecule has 4 atom stereocenters. The van der Waals surface area contributed by atoms with Crippen molar-refractivity contribution in [1.29, 1.82) is 0 Å². The van der Waals surface area contributed by atoms with Crippen LogP contribution in [0.1, 0.15) is 45.2 Å². The summed E-state index contributed by atoms with van der Waals surface area (Å²) in [5.74, 6) is 1.62. The summed E-state index contributed by atoms with van der Waals surface area (Å²) in [6.07, 6.45) is 2.90. The second-order valence-electron chi connectivity index (χ2n) is 7.03. The minimum Gasteiger partial charge on any atom is -0.496 e. The van der Waals surface area contributed by atoms with Gasteiger partial charge in [0.1, 0.15) is 5.75 Å². The Kier molecular flexibility index (Phi) is 3.98. The predicted molar refractivity (Wildman–Crippen MR) is 84.6 cm³/mol. The van der Waals surface area contributed by atoms with Crippen LogP contribution in [-0.2, 0) is 4.74 Å². The molecule has 2 aliphatic rings. The van der Waals surface area contributed by atoms with Gasteiger partial charge in [0, 0.05) is 35.6 Å². The van der Waals surface area contributed by atoms with Gasteiger partial charge in [0.2, 0.25) is 0 Å². The Morgan fingerprint density at radius 1 is 1.33 bits per heavy atom. The van der Waals surface area contributed by atoms with Crippen LogP contribution in [0.2, 0.25) is 0 Å². The summed E-state index contributed by atoms with van der Waals surface area (Å²) in [7, 11) is 1.74. The average Bonchev–Trinajstić information content (AvgIpc) is 2.52. The van der Waals surface area contributed by atoms with E-state index in [2.05, 4.69) is 38.2 Å². The molecule has 1 N–H and O–H groups in total. The lowest BCUT2D eigenvalue weighted by atomic mass is 9.55. The van der Waals surface area contributed by atoms with Gasteiger partial charge in [-0.05, 0) is 25.8 Å². The highest BCUT2D eigenvalue weighted by Crippen LogP contribution is 2.52. The first kappa shape index (κ1) is 14.9. The fourth-order valence-corrected chi connectivity index (χ4v) is 4.24. The zero-order chi connectivity index (χ0) is 15.0. The van der Waals surface area contributed by atoms with Crippen LogP contribution in [-0.4, -0.2) is 25.9 Å². The highest BCUT2D eigenvalue weighted by molar-refractivity contribution is 5.35. The Bertz CT molecular complexity index is 500. The van der Waals surface area contributed by atoms with Crippen LogP contribution >= 0.6 is 0 Å². The van der Waals surface area contributed by atoms with Crippen molar-refractivity contribution in [3.8, 4) is 5.75 Å². The molecule has 3 rings (SSSR count). The van der Waals surface area contributed by atoms with E-state index in [9.17, 15) is 0 Å². The first-order valence-corrected chi connectivity index (χ1v) is 8.06. The fraction of sp³-hybridized carbons (Fsp3) is 0.667. The Labute approximate surface area is 128 Å². The third-order valence-corrected chi connectivity index (χ3v) is 5.37. The molecule has 0 bridgehead atoms. The highest BCUT2D eigenvalue weighted by Gasteiger charge is 2.57. The summed E-state index contributed by atoms with van der Waals surface area (Å²) >= 11 is 0. The van der Waals surface area contributed by atoms with E-state index in [4.69, 9.17) is 9.47 Å². The van der Waals surface area contributed by atoms with Crippen molar-refractivity contribution in [2.75, 3.05) is 13.7 Å². The number of methoxy groups -OCH3 is 1. The van der Waals surface area contributed by atoms with Gasteiger partial charge in [-0.25, -0.2) is 0 Å². The van der Waals surface area contributed by atoms with E-state index in [1.165, 1.54) is 18.4 Å². The van der Waals surface area contributed by atoms with Gasteiger partial charge in [-0.2, -0.15) is 0 Å². The quantitative estimate of drug-likeness (QED) is 0.919. The maximum absolute atomic E-state index is 5.99. The molecular formula is C18H27NO2. The molecule has 116 valence electrons. The minimum absolute atomic E-state index is 0.210. The van der Waals surface area contributed by atoms with Crippen molar-refractivity contribution in [3.05, 3.63) is 29.8 Å². The van der Waals surface area contributed by atoms with Gasteiger partial charge in [-0.15, -0.1) is 0 Å². The Balaban J connectivity index is 1.74. The molecule has 0 radical (unpaired) electrons. The van der Waals surface area contributed by atoms with Crippen molar-refractivity contribution in [3.63, 3.8) is 0 Å². The van der Waals surface area contributed by atoms with E-state index >= 15 is 0 Å². The summed E-state index contributed by atoms with van der Waals surface area (Å²) in [5, 5.41) is 3.84. The zero-order valence-electron chi connectivity index (χ0n) is 13.6. The third kappa shape index (κ3) is 2.47. The molecule has 0 spiro atoms. The minimum atomic E-state index is 0.210. The SMILES string of the molecule is COc1ccccc1[C@H](C)NC1C2CCCOC2C1(C)C. The molecule has 0 amide bonds. The summed E-state index contributed by atoms with van der Waals surface area (Å²) in [6, 6.07) is 9.08. The first-order chi connectivity index (χ1) is 10.1. The van der Waals surface area contributed by atoms with Crippen molar-refractivity contribution in [2.45, 2.75) is 51.8 Å². The summed E-state index contributed by atoms with van der Waals surface area (Å²) in [5.41, 5.74) is 1.44. The number of fused-ring (bicyclic) bond motifs is 1. The number of hydrogen-bond donors (Lipinski definition) is 1. The number of rotatable bonds is 4. The average molecular weight is 289 g/mol. The van der Waals surface area contributed by atoms with Gasteiger partial charge >= 0.3 is 0 Å². The molecule has 1 aromatic rings. The summed E-state index contributed by atoms with van der Waals surface area (Å²) in [4.78, 5) is 0. The van der Waals surface area contributed by atoms with Crippen LogP contribution in [0.5, 0.6) is 5.75 Å². The third-order valence-electron chi connectivity index (χ3n) is 5.37. The lowest BCUT2D eigenvalue weighted by Crippen LogP contribution is -2.69. The lowest BCUT2D eigenvalue weighted by Gasteiger charge is -2.60. The zero-order valence-corrected chi connectivity index (χ0v) is 13.6. The molecule has 3 heteroatoms. The molecule has 1 saturated heterocycles. The molecule has 1 saturated carbocycles. The van der Waals surface area contributed by atoms with Crippen LogP contribution in [0.15, 0.2) is 24.3 Å². The molecule has 3 unspecified atom stereocenters. The molecule has 1 heterocycles. The van der Waals surface area contributed by atoms with E-state index in [1.54, 1.807) is 7.11 Å². The number of para-hydroxylation sites is 1. The topological polar surface area (TPSA) is 30.5 Å². The van der Waals surface area contributed by atoms with Gasteiger partial charge in [0.05, 0.1) is 13.2 Å². The van der Waals surface area contributed by atoms with E-state index in [0.717, 1.165) is 12.4 Å². The van der Waals surface area contributed by atoms with Crippen LogP contribution < -0.4 is 10.1 Å². The van der Waals surface area contributed by atoms with Crippen molar-refractivity contribution < 1.29 is 9.47 Å². The normalized spacial score (nSPS) is 31.9. The Morgan fingerprint density at radius 2 is 2.10 bits per heavy atom. The second-order valence-corrected chi connectivity index (χ2v) is 7.03. The maximum Gasteiger partial charge on any atom is 0.123 e. The van der Waals surface area contributed by atoms with Crippen LogP contribution in [0.3, 0.4) is 0 Å². The lowest BCUT2D eigenvalue weighted by molar-refractivity contribution is -0.194.